The summed E-state index contributed by atoms with van der Waals surface area (Å²) in [5.41, 5.74) is 0. The van der Waals surface area contributed by atoms with Crippen LogP contribution in [0.25, 0.3) is 0 Å². The summed E-state index contributed by atoms with van der Waals surface area (Å²) in [5, 5.41) is 0. The molecule has 0 saturated heterocycles. The van der Waals surface area contributed by atoms with Crippen LogP contribution in [0.1, 0.15) is 0 Å². The van der Waals surface area contributed by atoms with Crippen LogP contribution in [0.5, 0.6) is 0 Å². The van der Waals surface area contributed by atoms with E-state index < -0.39 is 0 Å². The summed E-state index contributed by atoms with van der Waals surface area (Å²) in [4.78, 5) is 0. The van der Waals surface area contributed by atoms with Crippen LogP contribution in [0.4, 0.5) is 0 Å². The molecule has 0 unspecified atom stereocenters. The van der Waals surface area contributed by atoms with E-state index in [9.17, 15) is 0 Å². The molecule has 0 aliphatic heterocycles. The molecule has 0 aromatic rings. The van der Waals surface area contributed by atoms with Gasteiger partial charge in [-0.25, -0.2) is 0 Å². The normalized spacial score (nSPS) is 0. The van der Waals surface area contributed by atoms with E-state index in [1.807, 2.05) is 0 Å². The molecular weight excluding hydrogens is 397 g/mol. The first-order chi connectivity index (χ1) is 0. The summed E-state index contributed by atoms with van der Waals surface area (Å²) in [5.74, 6) is 0. The average Bonchev–Trinajstić information content (AvgIpc) is 0. The molecular formula is Cl6CuFeZn. The fraction of sp³-hybridized carbons (Fsp3) is 0. The van der Waals surface area contributed by atoms with E-state index >= 15 is 0 Å². The van der Waals surface area contributed by atoms with Gasteiger partial charge in [-0.3, -0.25) is 0 Å². The molecule has 0 aromatic carbocycles. The molecule has 63 valence electrons. The van der Waals surface area contributed by atoms with E-state index in [4.69, 9.17) is 0 Å². The Morgan fingerprint density at radius 3 is 0.444 bits per heavy atom. The van der Waals surface area contributed by atoms with Gasteiger partial charge in [-0.15, -0.1) is 0 Å². The number of hydrogen-bond acceptors (Lipinski definition) is 0. The zero-order valence-electron chi connectivity index (χ0n) is 3.63. The summed E-state index contributed by atoms with van der Waals surface area (Å²) in [7, 11) is 0. The van der Waals surface area contributed by atoms with Gasteiger partial charge < -0.3 is 74.4 Å². The van der Waals surface area contributed by atoms with E-state index in [-0.39, 0.29) is 128 Å². The van der Waals surface area contributed by atoms with Gasteiger partial charge in [0.15, 0.2) is 0 Å². The first kappa shape index (κ1) is 139. The Labute approximate surface area is 126 Å². The number of halogens is 6. The van der Waals surface area contributed by atoms with Crippen LogP contribution < -0.4 is 74.4 Å². The van der Waals surface area contributed by atoms with Crippen molar-refractivity contribution in [3.8, 4) is 0 Å². The molecule has 9 heavy (non-hydrogen) atoms. The summed E-state index contributed by atoms with van der Waals surface area (Å²) in [6, 6.07) is 0. The Hall–Kier alpha value is 3.40. The van der Waals surface area contributed by atoms with E-state index in [2.05, 4.69) is 0 Å². The van der Waals surface area contributed by atoms with Crippen LogP contribution in [0.3, 0.4) is 0 Å². The zero-order chi connectivity index (χ0) is 0. The summed E-state index contributed by atoms with van der Waals surface area (Å²) in [6.07, 6.45) is 0. The minimum Gasteiger partial charge on any atom is -1.00 e. The predicted octanol–water partition coefficient (Wildman–Crippen LogP) is -18.0. The van der Waals surface area contributed by atoms with Crippen LogP contribution in [0.15, 0.2) is 0 Å². The molecule has 0 aromatic heterocycles. The molecule has 9 heteroatoms. The van der Waals surface area contributed by atoms with Crippen molar-refractivity contribution in [2.45, 2.75) is 0 Å². The Balaban J connectivity index is 0. The Kier molecular flexibility index (Phi) is 1650. The quantitative estimate of drug-likeness (QED) is 0.356. The molecule has 0 aliphatic rings. The van der Waals surface area contributed by atoms with Gasteiger partial charge in [-0.2, -0.15) is 0 Å². The maximum atomic E-state index is 0. The van der Waals surface area contributed by atoms with Gasteiger partial charge in [0, 0.05) is 0 Å². The van der Waals surface area contributed by atoms with Crippen molar-refractivity contribution < 1.29 is 128 Å². The molecule has 0 spiro atoms. The smallest absolute Gasteiger partial charge is 1.00 e. The summed E-state index contributed by atoms with van der Waals surface area (Å²) in [6.45, 7) is 0. The minimum atomic E-state index is 0. The Morgan fingerprint density at radius 1 is 0.444 bits per heavy atom. The molecule has 0 rings (SSSR count). The summed E-state index contributed by atoms with van der Waals surface area (Å²) >= 11 is 0. The van der Waals surface area contributed by atoms with Crippen molar-refractivity contribution in [2.75, 3.05) is 0 Å². The van der Waals surface area contributed by atoms with Gasteiger partial charge in [0.1, 0.15) is 0 Å². The molecule has 1 radical (unpaired) electrons. The van der Waals surface area contributed by atoms with E-state index in [1.165, 1.54) is 0 Å². The second kappa shape index (κ2) is 107. The van der Waals surface area contributed by atoms with Gasteiger partial charge in [0.25, 0.3) is 0 Å². The Bertz CT molecular complexity index is 13.0. The average molecular weight is 397 g/mol. The third-order valence-electron chi connectivity index (χ3n) is 0. The van der Waals surface area contributed by atoms with Crippen molar-refractivity contribution in [3.05, 3.63) is 0 Å². The Morgan fingerprint density at radius 2 is 0.444 bits per heavy atom. The first-order valence-electron chi connectivity index (χ1n) is 0. The van der Waals surface area contributed by atoms with Crippen molar-refractivity contribution in [2.24, 2.45) is 0 Å². The molecule has 0 heterocycles. The molecule has 0 fully saturated rings. The summed E-state index contributed by atoms with van der Waals surface area (Å²) < 4.78 is 0. The van der Waals surface area contributed by atoms with Crippen molar-refractivity contribution in [1.82, 2.24) is 0 Å². The van der Waals surface area contributed by atoms with Gasteiger partial charge in [0.2, 0.25) is 0 Å². The predicted molar refractivity (Wildman–Crippen MR) is 0 cm³/mol. The fourth-order valence-electron chi connectivity index (χ4n) is 0. The van der Waals surface area contributed by atoms with Gasteiger partial charge >= 0.3 is 53.6 Å². The molecule has 0 aliphatic carbocycles. The molecule has 0 amide bonds. The second-order valence-electron chi connectivity index (χ2n) is 0. The van der Waals surface area contributed by atoms with Gasteiger partial charge in [-0.05, 0) is 0 Å². The van der Waals surface area contributed by atoms with Gasteiger partial charge in [0.05, 0.1) is 0 Å². The maximum Gasteiger partial charge on any atom is 2.00 e. The molecule has 0 atom stereocenters. The second-order valence-corrected chi connectivity index (χ2v) is 0. The third-order valence-corrected chi connectivity index (χ3v) is 0. The standard InChI is InChI=1S/6ClH.Cu.Fe.Zn/h6*1H;;;/q;;;;;;3*+2/p-6. The monoisotopic (exact) mass is 393 g/mol. The third kappa shape index (κ3) is 87.1. The molecule has 0 bridgehead atoms. The van der Waals surface area contributed by atoms with Crippen molar-refractivity contribution >= 4 is 0 Å². The zero-order valence-corrected chi connectivity index (χ0v) is 13.2. The van der Waals surface area contributed by atoms with Crippen LogP contribution in [0, 0.1) is 0 Å². The molecule has 0 nitrogen and oxygen atoms in total. The van der Waals surface area contributed by atoms with Gasteiger partial charge in [-0.1, -0.05) is 0 Å². The van der Waals surface area contributed by atoms with Crippen molar-refractivity contribution in [1.29, 1.82) is 0 Å². The van der Waals surface area contributed by atoms with Crippen LogP contribution in [0.2, 0.25) is 0 Å². The fourth-order valence-corrected chi connectivity index (χ4v) is 0. The van der Waals surface area contributed by atoms with E-state index in [0.717, 1.165) is 0 Å². The number of hydrogen-bond donors (Lipinski definition) is 0. The minimum absolute atomic E-state index is 0. The SMILES string of the molecule is [Cl-].[Cl-].[Cl-].[Cl-].[Cl-].[Cl-].[Cu+2].[Fe+2].[Zn+2]. The van der Waals surface area contributed by atoms with Crippen LogP contribution in [-0.2, 0) is 53.6 Å². The number of rotatable bonds is 0. The topological polar surface area (TPSA) is 0 Å². The van der Waals surface area contributed by atoms with Crippen molar-refractivity contribution in [3.63, 3.8) is 0 Å². The largest absolute Gasteiger partial charge is 2.00 e. The van der Waals surface area contributed by atoms with Crippen LogP contribution >= 0.6 is 0 Å². The van der Waals surface area contributed by atoms with Crippen LogP contribution in [-0.4, -0.2) is 0 Å². The first-order valence-corrected chi connectivity index (χ1v) is 0. The molecule has 0 N–H and O–H groups in total. The molecule has 0 saturated carbocycles. The van der Waals surface area contributed by atoms with E-state index in [1.54, 1.807) is 0 Å². The maximum absolute atomic E-state index is 0. The van der Waals surface area contributed by atoms with E-state index in [0.29, 0.717) is 0 Å².